The minimum absolute atomic E-state index is 0.0759. The number of nitrogens with zero attached hydrogens (tertiary/aromatic N) is 1. The van der Waals surface area contributed by atoms with Gasteiger partial charge >= 0.3 is 0 Å². The van der Waals surface area contributed by atoms with Gasteiger partial charge in [0.2, 0.25) is 5.91 Å². The largest absolute Gasteiger partial charge is 0.393 e. The van der Waals surface area contributed by atoms with Crippen molar-refractivity contribution >= 4 is 23.1 Å². The van der Waals surface area contributed by atoms with Crippen molar-refractivity contribution in [1.29, 1.82) is 0 Å². The highest BCUT2D eigenvalue weighted by Gasteiger charge is 2.34. The molecular weight excluding hydrogens is 260 g/mol. The van der Waals surface area contributed by atoms with Crippen LogP contribution in [-0.4, -0.2) is 41.6 Å². The van der Waals surface area contributed by atoms with Crippen molar-refractivity contribution in [3.63, 3.8) is 0 Å². The summed E-state index contributed by atoms with van der Waals surface area (Å²) in [6, 6.07) is 0. The van der Waals surface area contributed by atoms with E-state index in [-0.39, 0.29) is 17.4 Å². The van der Waals surface area contributed by atoms with Crippen LogP contribution in [0.25, 0.3) is 0 Å². The fourth-order valence-electron chi connectivity index (χ4n) is 2.79. The summed E-state index contributed by atoms with van der Waals surface area (Å²) in [6.45, 7) is 4.43. The summed E-state index contributed by atoms with van der Waals surface area (Å²) in [4.78, 5) is 14.8. The van der Waals surface area contributed by atoms with Gasteiger partial charge in [-0.2, -0.15) is 0 Å². The normalized spacial score (nSPS) is 27.0. The molecule has 2 aliphatic heterocycles. The zero-order valence-corrected chi connectivity index (χ0v) is 12.5. The third kappa shape index (κ3) is 3.66. The molecule has 1 atom stereocenters. The average Bonchev–Trinajstić information content (AvgIpc) is 2.40. The van der Waals surface area contributed by atoms with Gasteiger partial charge in [-0.1, -0.05) is 19.1 Å². The Bertz CT molecular complexity index is 345. The van der Waals surface area contributed by atoms with Gasteiger partial charge in [0.05, 0.1) is 17.5 Å². The lowest BCUT2D eigenvalue weighted by Gasteiger charge is -2.39. The molecule has 0 aromatic rings. The van der Waals surface area contributed by atoms with Crippen LogP contribution in [0.2, 0.25) is 0 Å². The molecule has 2 rings (SSSR count). The number of nitrogens with two attached hydrogens (primary N) is 1. The quantitative estimate of drug-likeness (QED) is 0.804. The lowest BCUT2D eigenvalue weighted by molar-refractivity contribution is -0.136. The number of carbonyl (C=O) groups is 1. The van der Waals surface area contributed by atoms with E-state index < -0.39 is 0 Å². The molecule has 2 N–H and O–H groups in total. The molecule has 0 radical (unpaired) electrons. The zero-order chi connectivity index (χ0) is 13.9. The number of hydrogen-bond donors (Lipinski definition) is 1. The summed E-state index contributed by atoms with van der Waals surface area (Å²) in [6.07, 6.45) is 5.73. The van der Waals surface area contributed by atoms with Crippen LogP contribution in [0.4, 0.5) is 0 Å². The van der Waals surface area contributed by atoms with Crippen LogP contribution in [0.3, 0.4) is 0 Å². The Morgan fingerprint density at radius 1 is 1.42 bits per heavy atom. The molecule has 1 amide bonds. The van der Waals surface area contributed by atoms with Gasteiger partial charge in [0.1, 0.15) is 0 Å². The number of piperidine rings is 1. The molecule has 19 heavy (non-hydrogen) atoms. The van der Waals surface area contributed by atoms with Gasteiger partial charge in [-0.3, -0.25) is 4.79 Å². The Morgan fingerprint density at radius 2 is 2.11 bits per heavy atom. The standard InChI is InChI=1S/C14H24N2O2S/c1-14(13(15)19)5-7-16(8-6-14)12(17)10-11-4-2-3-9-18-11/h11H,2-10H2,1H3,(H2,15,19). The molecule has 2 saturated heterocycles. The van der Waals surface area contributed by atoms with Crippen LogP contribution >= 0.6 is 12.2 Å². The van der Waals surface area contributed by atoms with Crippen LogP contribution in [0, 0.1) is 5.41 Å². The van der Waals surface area contributed by atoms with E-state index >= 15 is 0 Å². The van der Waals surface area contributed by atoms with E-state index in [1.807, 2.05) is 4.90 Å². The molecule has 108 valence electrons. The Morgan fingerprint density at radius 3 is 2.63 bits per heavy atom. The number of likely N-dealkylation sites (tertiary alicyclic amines) is 1. The molecule has 2 aliphatic rings. The van der Waals surface area contributed by atoms with Crippen LogP contribution in [0.15, 0.2) is 0 Å². The Balaban J connectivity index is 1.80. The second kappa shape index (κ2) is 6.18. The first-order chi connectivity index (χ1) is 9.01. The summed E-state index contributed by atoms with van der Waals surface area (Å²) < 4.78 is 5.63. The molecule has 0 saturated carbocycles. The third-order valence-electron chi connectivity index (χ3n) is 4.49. The van der Waals surface area contributed by atoms with Gasteiger partial charge in [0.25, 0.3) is 0 Å². The predicted octanol–water partition coefficient (Wildman–Crippen LogP) is 1.86. The lowest BCUT2D eigenvalue weighted by atomic mass is 9.80. The number of thiocarbonyl (C=S) groups is 1. The monoisotopic (exact) mass is 284 g/mol. The predicted molar refractivity (Wildman–Crippen MR) is 78.9 cm³/mol. The van der Waals surface area contributed by atoms with Gasteiger partial charge in [0, 0.05) is 25.1 Å². The van der Waals surface area contributed by atoms with Gasteiger partial charge in [-0.15, -0.1) is 0 Å². The highest BCUT2D eigenvalue weighted by Crippen LogP contribution is 2.31. The smallest absolute Gasteiger partial charge is 0.225 e. The maximum atomic E-state index is 12.2. The SMILES string of the molecule is CC1(C(N)=S)CCN(C(=O)CC2CCCCO2)CC1. The molecule has 0 aromatic heterocycles. The Kier molecular flexibility index (Phi) is 4.79. The van der Waals surface area contributed by atoms with Crippen LogP contribution < -0.4 is 5.73 Å². The molecule has 1 unspecified atom stereocenters. The second-order valence-electron chi connectivity index (χ2n) is 6.00. The van der Waals surface area contributed by atoms with Crippen molar-refractivity contribution in [2.24, 2.45) is 11.1 Å². The fourth-order valence-corrected chi connectivity index (χ4v) is 2.99. The highest BCUT2D eigenvalue weighted by molar-refractivity contribution is 7.80. The fraction of sp³-hybridized carbons (Fsp3) is 0.857. The Hall–Kier alpha value is -0.680. The number of carbonyl (C=O) groups excluding carboxylic acids is 1. The van der Waals surface area contributed by atoms with Gasteiger partial charge in [-0.05, 0) is 32.1 Å². The van der Waals surface area contributed by atoms with Crippen molar-refractivity contribution in [2.75, 3.05) is 19.7 Å². The van der Waals surface area contributed by atoms with Crippen molar-refractivity contribution in [3.05, 3.63) is 0 Å². The first-order valence-corrected chi connectivity index (χ1v) is 7.61. The van der Waals surface area contributed by atoms with E-state index in [9.17, 15) is 4.79 Å². The lowest BCUT2D eigenvalue weighted by Crippen LogP contribution is -2.47. The number of rotatable bonds is 3. The molecular formula is C14H24N2O2S. The van der Waals surface area contributed by atoms with E-state index in [0.717, 1.165) is 45.4 Å². The number of ether oxygens (including phenoxy) is 1. The summed E-state index contributed by atoms with van der Waals surface area (Å²) >= 11 is 5.12. The summed E-state index contributed by atoms with van der Waals surface area (Å²) in [5, 5.41) is 0. The van der Waals surface area contributed by atoms with Crippen molar-refractivity contribution in [3.8, 4) is 0 Å². The molecule has 2 fully saturated rings. The topological polar surface area (TPSA) is 55.6 Å². The van der Waals surface area contributed by atoms with Crippen LogP contribution in [0.5, 0.6) is 0 Å². The molecule has 0 aliphatic carbocycles. The average molecular weight is 284 g/mol. The van der Waals surface area contributed by atoms with Gasteiger partial charge in [0.15, 0.2) is 0 Å². The Labute approximate surface area is 120 Å². The van der Waals surface area contributed by atoms with Crippen LogP contribution in [-0.2, 0) is 9.53 Å². The number of hydrogen-bond acceptors (Lipinski definition) is 3. The van der Waals surface area contributed by atoms with Crippen molar-refractivity contribution in [1.82, 2.24) is 4.90 Å². The highest BCUT2D eigenvalue weighted by atomic mass is 32.1. The van der Waals surface area contributed by atoms with E-state index in [2.05, 4.69) is 6.92 Å². The van der Waals surface area contributed by atoms with Crippen molar-refractivity contribution in [2.45, 2.75) is 51.6 Å². The first kappa shape index (κ1) is 14.7. The van der Waals surface area contributed by atoms with Crippen LogP contribution in [0.1, 0.15) is 45.4 Å². The molecule has 0 spiro atoms. The van der Waals surface area contributed by atoms with E-state index in [1.54, 1.807) is 0 Å². The van der Waals surface area contributed by atoms with E-state index in [1.165, 1.54) is 6.42 Å². The third-order valence-corrected chi connectivity index (χ3v) is 4.98. The van der Waals surface area contributed by atoms with E-state index in [0.29, 0.717) is 11.4 Å². The maximum absolute atomic E-state index is 12.2. The molecule has 0 bridgehead atoms. The first-order valence-electron chi connectivity index (χ1n) is 7.20. The second-order valence-corrected chi connectivity index (χ2v) is 6.44. The minimum Gasteiger partial charge on any atom is -0.393 e. The van der Waals surface area contributed by atoms with Gasteiger partial charge < -0.3 is 15.4 Å². The maximum Gasteiger partial charge on any atom is 0.225 e. The van der Waals surface area contributed by atoms with E-state index in [4.69, 9.17) is 22.7 Å². The number of amides is 1. The zero-order valence-electron chi connectivity index (χ0n) is 11.7. The molecule has 2 heterocycles. The van der Waals surface area contributed by atoms with Gasteiger partial charge in [-0.25, -0.2) is 0 Å². The summed E-state index contributed by atoms with van der Waals surface area (Å²) in [5.41, 5.74) is 5.70. The summed E-state index contributed by atoms with van der Waals surface area (Å²) in [7, 11) is 0. The molecule has 0 aromatic carbocycles. The molecule has 5 heteroatoms. The molecule has 4 nitrogen and oxygen atoms in total. The summed E-state index contributed by atoms with van der Waals surface area (Å²) in [5.74, 6) is 0.219. The van der Waals surface area contributed by atoms with Crippen molar-refractivity contribution < 1.29 is 9.53 Å². The minimum atomic E-state index is -0.0759.